The summed E-state index contributed by atoms with van der Waals surface area (Å²) >= 11 is 0. The second-order valence-corrected chi connectivity index (χ2v) is 5.65. The van der Waals surface area contributed by atoms with Crippen LogP contribution in [0.5, 0.6) is 5.75 Å². The summed E-state index contributed by atoms with van der Waals surface area (Å²) in [6.45, 7) is 2.62. The van der Waals surface area contributed by atoms with E-state index in [0.29, 0.717) is 6.61 Å². The fourth-order valence-corrected chi connectivity index (χ4v) is 2.71. The second kappa shape index (κ2) is 7.13. The highest BCUT2D eigenvalue weighted by atomic mass is 16.6. The highest BCUT2D eigenvalue weighted by Gasteiger charge is 2.10. The molecule has 0 amide bonds. The van der Waals surface area contributed by atoms with Crippen LogP contribution in [0.1, 0.15) is 18.2 Å². The maximum absolute atomic E-state index is 10.7. The van der Waals surface area contributed by atoms with E-state index in [9.17, 15) is 10.1 Å². The Bertz CT molecular complexity index is 947. The van der Waals surface area contributed by atoms with E-state index in [1.165, 1.54) is 12.1 Å². The van der Waals surface area contributed by atoms with Gasteiger partial charge in [0.15, 0.2) is 0 Å². The summed E-state index contributed by atoms with van der Waals surface area (Å²) in [7, 11) is 2.01. The summed E-state index contributed by atoms with van der Waals surface area (Å²) in [5.74, 6) is 0.865. The molecule has 0 spiro atoms. The summed E-state index contributed by atoms with van der Waals surface area (Å²) in [6.07, 6.45) is 3.94. The van der Waals surface area contributed by atoms with Crippen LogP contribution in [-0.4, -0.2) is 11.5 Å². The van der Waals surface area contributed by atoms with Gasteiger partial charge in [0, 0.05) is 30.3 Å². The molecule has 5 heteroatoms. The molecule has 3 rings (SSSR count). The number of non-ortho nitro benzene ring substituents is 1. The van der Waals surface area contributed by atoms with Crippen LogP contribution in [0.25, 0.3) is 23.1 Å². The number of aromatic nitrogens is 1. The number of rotatable bonds is 5. The summed E-state index contributed by atoms with van der Waals surface area (Å²) in [5, 5.41) is 11.8. The average Bonchev–Trinajstić information content (AvgIpc) is 2.62. The fourth-order valence-electron chi connectivity index (χ4n) is 2.71. The third-order valence-corrected chi connectivity index (χ3v) is 4.04. The van der Waals surface area contributed by atoms with Gasteiger partial charge in [0.25, 0.3) is 5.69 Å². The Morgan fingerprint density at radius 3 is 2.52 bits per heavy atom. The lowest BCUT2D eigenvalue weighted by Gasteiger charge is -2.04. The van der Waals surface area contributed by atoms with Crippen LogP contribution in [0.3, 0.4) is 0 Å². The van der Waals surface area contributed by atoms with E-state index in [2.05, 4.69) is 10.6 Å². The van der Waals surface area contributed by atoms with Crippen LogP contribution in [0.4, 0.5) is 5.69 Å². The Balaban J connectivity index is 1.89. The molecule has 2 aromatic carbocycles. The molecule has 0 radical (unpaired) electrons. The quantitative estimate of drug-likeness (QED) is 0.400. The van der Waals surface area contributed by atoms with Gasteiger partial charge in [0.05, 0.1) is 16.9 Å². The fraction of sp³-hybridized carbons (Fsp3) is 0.150. The van der Waals surface area contributed by atoms with Crippen molar-refractivity contribution < 1.29 is 14.2 Å². The molecule has 0 unspecified atom stereocenters. The Hall–Kier alpha value is -3.21. The number of pyridine rings is 1. The predicted octanol–water partition coefficient (Wildman–Crippen LogP) is 4.14. The van der Waals surface area contributed by atoms with Gasteiger partial charge in [-0.05, 0) is 48.9 Å². The number of aryl methyl sites for hydroxylation is 1. The van der Waals surface area contributed by atoms with Crippen LogP contribution < -0.4 is 9.30 Å². The first kappa shape index (κ1) is 16.6. The van der Waals surface area contributed by atoms with Crippen LogP contribution in [-0.2, 0) is 7.05 Å². The maximum Gasteiger partial charge on any atom is 0.269 e. The number of nitrogens with zero attached hydrogens (tertiary/aromatic N) is 2. The van der Waals surface area contributed by atoms with Crippen molar-refractivity contribution in [3.8, 4) is 5.75 Å². The molecule has 0 N–H and O–H groups in total. The number of benzene rings is 2. The van der Waals surface area contributed by atoms with Crippen LogP contribution >= 0.6 is 0 Å². The molecule has 1 heterocycles. The minimum absolute atomic E-state index is 0.0958. The van der Waals surface area contributed by atoms with Gasteiger partial charge in [-0.1, -0.05) is 0 Å². The molecule has 1 aromatic heterocycles. The number of nitro groups is 1. The lowest BCUT2D eigenvalue weighted by atomic mass is 10.1. The molecule has 0 fully saturated rings. The van der Waals surface area contributed by atoms with Crippen molar-refractivity contribution in [1.82, 2.24) is 0 Å². The molecule has 0 aliphatic rings. The highest BCUT2D eigenvalue weighted by Crippen LogP contribution is 2.20. The van der Waals surface area contributed by atoms with Crippen molar-refractivity contribution in [3.05, 3.63) is 76.0 Å². The zero-order valence-corrected chi connectivity index (χ0v) is 14.2. The maximum atomic E-state index is 10.7. The van der Waals surface area contributed by atoms with Crippen molar-refractivity contribution in [3.63, 3.8) is 0 Å². The van der Waals surface area contributed by atoms with E-state index >= 15 is 0 Å². The molecule has 0 bridgehead atoms. The van der Waals surface area contributed by atoms with Crippen molar-refractivity contribution in [2.75, 3.05) is 6.61 Å². The van der Waals surface area contributed by atoms with Gasteiger partial charge in [-0.25, -0.2) is 0 Å². The molecule has 0 aliphatic heterocycles. The number of hydrogen-bond acceptors (Lipinski definition) is 3. The van der Waals surface area contributed by atoms with Crippen LogP contribution in [0.2, 0.25) is 0 Å². The van der Waals surface area contributed by atoms with E-state index in [1.54, 1.807) is 12.1 Å². The smallest absolute Gasteiger partial charge is 0.269 e. The Kier molecular flexibility index (Phi) is 4.75. The molecule has 25 heavy (non-hydrogen) atoms. The Labute approximate surface area is 146 Å². The third kappa shape index (κ3) is 3.66. The third-order valence-electron chi connectivity index (χ3n) is 4.04. The first-order valence-electron chi connectivity index (χ1n) is 8.06. The van der Waals surface area contributed by atoms with Crippen molar-refractivity contribution in [2.45, 2.75) is 6.92 Å². The van der Waals surface area contributed by atoms with Gasteiger partial charge in [0.2, 0.25) is 11.2 Å². The van der Waals surface area contributed by atoms with E-state index in [4.69, 9.17) is 4.74 Å². The molecule has 0 atom stereocenters. The molecular formula is C20H19N2O3+. The van der Waals surface area contributed by atoms with Gasteiger partial charge < -0.3 is 4.74 Å². The number of nitro benzene ring substituents is 1. The zero-order chi connectivity index (χ0) is 17.8. The number of fused-ring (bicyclic) bond motifs is 1. The summed E-state index contributed by atoms with van der Waals surface area (Å²) < 4.78 is 7.65. The van der Waals surface area contributed by atoms with Crippen molar-refractivity contribution in [1.29, 1.82) is 0 Å². The summed E-state index contributed by atoms with van der Waals surface area (Å²) in [4.78, 5) is 10.3. The minimum Gasteiger partial charge on any atom is -0.494 e. The summed E-state index contributed by atoms with van der Waals surface area (Å²) in [6, 6.07) is 16.6. The molecule has 126 valence electrons. The predicted molar refractivity (Wildman–Crippen MR) is 98.3 cm³/mol. The molecule has 0 aliphatic carbocycles. The number of ether oxygens (including phenoxy) is 1. The second-order valence-electron chi connectivity index (χ2n) is 5.65. The van der Waals surface area contributed by atoms with Crippen LogP contribution in [0, 0.1) is 10.1 Å². The molecule has 0 saturated carbocycles. The zero-order valence-electron chi connectivity index (χ0n) is 14.2. The van der Waals surface area contributed by atoms with E-state index in [1.807, 2.05) is 50.4 Å². The number of hydrogen-bond donors (Lipinski definition) is 0. The standard InChI is InChI=1S/C20H19N2O3/c1-3-25-19-12-13-20-16(14-19)7-11-17(21(20)2)8-4-15-5-9-18(10-6-15)22(23)24/h4-14H,3H2,1-2H3/q+1. The van der Waals surface area contributed by atoms with Crippen molar-refractivity contribution in [2.24, 2.45) is 7.05 Å². The lowest BCUT2D eigenvalue weighted by molar-refractivity contribution is -0.646. The van der Waals surface area contributed by atoms with Crippen molar-refractivity contribution >= 4 is 28.7 Å². The normalized spacial score (nSPS) is 11.1. The van der Waals surface area contributed by atoms with Crippen LogP contribution in [0.15, 0.2) is 54.6 Å². The van der Waals surface area contributed by atoms with E-state index in [-0.39, 0.29) is 5.69 Å². The van der Waals surface area contributed by atoms with E-state index in [0.717, 1.165) is 27.9 Å². The highest BCUT2D eigenvalue weighted by molar-refractivity contribution is 5.79. The van der Waals surface area contributed by atoms with Gasteiger partial charge in [-0.15, -0.1) is 0 Å². The monoisotopic (exact) mass is 335 g/mol. The SMILES string of the molecule is CCOc1ccc2c(ccc(C=Cc3ccc([N+](=O)[O-])cc3)[n+]2C)c1. The molecule has 5 nitrogen and oxygen atoms in total. The minimum atomic E-state index is -0.395. The van der Waals surface area contributed by atoms with Gasteiger partial charge in [0.1, 0.15) is 12.8 Å². The van der Waals surface area contributed by atoms with Gasteiger partial charge >= 0.3 is 0 Å². The van der Waals surface area contributed by atoms with E-state index < -0.39 is 4.92 Å². The first-order valence-corrected chi connectivity index (χ1v) is 8.06. The molecule has 3 aromatic rings. The van der Waals surface area contributed by atoms with Gasteiger partial charge in [-0.2, -0.15) is 4.57 Å². The van der Waals surface area contributed by atoms with Gasteiger partial charge in [-0.3, -0.25) is 10.1 Å². The average molecular weight is 335 g/mol. The molecule has 0 saturated heterocycles. The Morgan fingerprint density at radius 1 is 1.08 bits per heavy atom. The topological polar surface area (TPSA) is 56.3 Å². The lowest BCUT2D eigenvalue weighted by Crippen LogP contribution is -2.32. The first-order chi connectivity index (χ1) is 12.1. The Morgan fingerprint density at radius 2 is 1.84 bits per heavy atom. The largest absolute Gasteiger partial charge is 0.494 e. The molecular weight excluding hydrogens is 316 g/mol. The summed E-state index contributed by atoms with van der Waals surface area (Å²) in [5.41, 5.74) is 3.15.